The van der Waals surface area contributed by atoms with E-state index in [1.165, 1.54) is 0 Å². The molecule has 20 heavy (non-hydrogen) atoms. The van der Waals surface area contributed by atoms with Gasteiger partial charge >= 0.3 is 0 Å². The van der Waals surface area contributed by atoms with Crippen LogP contribution < -0.4 is 15.2 Å². The number of methoxy groups -OCH3 is 1. The Hall–Kier alpha value is -1.81. The fourth-order valence-electron chi connectivity index (χ4n) is 2.87. The summed E-state index contributed by atoms with van der Waals surface area (Å²) in [5.74, 6) is 1.52. The second-order valence-corrected chi connectivity index (χ2v) is 5.34. The van der Waals surface area contributed by atoms with Crippen molar-refractivity contribution >= 4 is 10.8 Å². The van der Waals surface area contributed by atoms with Crippen LogP contribution in [0.25, 0.3) is 10.8 Å². The van der Waals surface area contributed by atoms with Crippen LogP contribution >= 0.6 is 0 Å². The van der Waals surface area contributed by atoms with Crippen molar-refractivity contribution in [1.82, 2.24) is 4.98 Å². The molecule has 0 radical (unpaired) electrons. The Morgan fingerprint density at radius 1 is 1.20 bits per heavy atom. The Morgan fingerprint density at radius 2 is 2.10 bits per heavy atom. The third kappa shape index (κ3) is 2.56. The number of rotatable bonds is 3. The van der Waals surface area contributed by atoms with E-state index in [1.54, 1.807) is 13.3 Å². The highest BCUT2D eigenvalue weighted by Gasteiger charge is 2.21. The van der Waals surface area contributed by atoms with Gasteiger partial charge in [-0.1, -0.05) is 6.07 Å². The normalized spacial score (nSPS) is 22.7. The number of nitrogens with zero attached hydrogens (tertiary/aromatic N) is 1. The summed E-state index contributed by atoms with van der Waals surface area (Å²) in [4.78, 5) is 4.38. The molecule has 1 fully saturated rings. The minimum Gasteiger partial charge on any atom is -0.496 e. The van der Waals surface area contributed by atoms with Gasteiger partial charge in [-0.15, -0.1) is 0 Å². The van der Waals surface area contributed by atoms with E-state index in [-0.39, 0.29) is 12.1 Å². The van der Waals surface area contributed by atoms with Crippen molar-refractivity contribution in [3.05, 3.63) is 30.5 Å². The number of aromatic nitrogens is 1. The first-order valence-electron chi connectivity index (χ1n) is 7.12. The van der Waals surface area contributed by atoms with Crippen LogP contribution in [0.5, 0.6) is 11.6 Å². The van der Waals surface area contributed by atoms with Crippen LogP contribution in [0, 0.1) is 0 Å². The molecule has 0 saturated heterocycles. The van der Waals surface area contributed by atoms with Crippen LogP contribution in [-0.2, 0) is 0 Å². The Balaban J connectivity index is 1.91. The molecule has 3 rings (SSSR count). The fourth-order valence-corrected chi connectivity index (χ4v) is 2.87. The van der Waals surface area contributed by atoms with Crippen molar-refractivity contribution < 1.29 is 9.47 Å². The van der Waals surface area contributed by atoms with E-state index in [9.17, 15) is 0 Å². The second kappa shape index (κ2) is 5.67. The molecule has 1 aliphatic rings. The molecule has 4 heteroatoms. The first-order chi connectivity index (χ1) is 9.78. The molecule has 1 heterocycles. The van der Waals surface area contributed by atoms with Gasteiger partial charge in [-0.25, -0.2) is 4.98 Å². The molecule has 0 amide bonds. The van der Waals surface area contributed by atoms with Crippen LogP contribution in [-0.4, -0.2) is 24.2 Å². The molecule has 0 spiro atoms. The van der Waals surface area contributed by atoms with Gasteiger partial charge in [0.05, 0.1) is 7.11 Å². The molecule has 0 bridgehead atoms. The minimum absolute atomic E-state index is 0.169. The first kappa shape index (κ1) is 13.2. The van der Waals surface area contributed by atoms with E-state index in [2.05, 4.69) is 4.98 Å². The number of benzene rings is 1. The monoisotopic (exact) mass is 272 g/mol. The lowest BCUT2D eigenvalue weighted by Crippen LogP contribution is -2.33. The predicted octanol–water partition coefficient (Wildman–Crippen LogP) is 2.89. The molecule has 1 saturated carbocycles. The number of nitrogens with two attached hydrogens (primary N) is 1. The topological polar surface area (TPSA) is 57.4 Å². The van der Waals surface area contributed by atoms with Gasteiger partial charge in [-0.3, -0.25) is 0 Å². The van der Waals surface area contributed by atoms with Gasteiger partial charge in [0.1, 0.15) is 11.9 Å². The Morgan fingerprint density at radius 3 is 2.90 bits per heavy atom. The number of hydrogen-bond donors (Lipinski definition) is 1. The molecule has 0 aliphatic heterocycles. The van der Waals surface area contributed by atoms with Crippen molar-refractivity contribution in [3.63, 3.8) is 0 Å². The summed E-state index contributed by atoms with van der Waals surface area (Å²) < 4.78 is 11.5. The van der Waals surface area contributed by atoms with Gasteiger partial charge in [-0.05, 0) is 43.9 Å². The van der Waals surface area contributed by atoms with E-state index in [1.807, 2.05) is 24.3 Å². The van der Waals surface area contributed by atoms with Gasteiger partial charge in [0.25, 0.3) is 0 Å². The van der Waals surface area contributed by atoms with Gasteiger partial charge in [-0.2, -0.15) is 0 Å². The Labute approximate surface area is 118 Å². The van der Waals surface area contributed by atoms with Crippen molar-refractivity contribution in [2.45, 2.75) is 37.8 Å². The van der Waals surface area contributed by atoms with Crippen molar-refractivity contribution in [1.29, 1.82) is 0 Å². The highest BCUT2D eigenvalue weighted by atomic mass is 16.5. The highest BCUT2D eigenvalue weighted by molar-refractivity contribution is 5.91. The molecule has 2 unspecified atom stereocenters. The Bertz CT molecular complexity index is 600. The molecular formula is C16H20N2O2. The molecule has 1 aliphatic carbocycles. The van der Waals surface area contributed by atoms with Crippen molar-refractivity contribution in [3.8, 4) is 11.6 Å². The quantitative estimate of drug-likeness (QED) is 0.933. The summed E-state index contributed by atoms with van der Waals surface area (Å²) in [5.41, 5.74) is 6.02. The summed E-state index contributed by atoms with van der Waals surface area (Å²) >= 11 is 0. The zero-order valence-corrected chi connectivity index (χ0v) is 11.7. The fraction of sp³-hybridized carbons (Fsp3) is 0.438. The zero-order valence-electron chi connectivity index (χ0n) is 11.7. The van der Waals surface area contributed by atoms with Crippen LogP contribution in [0.4, 0.5) is 0 Å². The SMILES string of the molecule is COc1cccc2c(OC3CCCC(N)C3)nccc12. The number of ether oxygens (including phenoxy) is 2. The van der Waals surface area contributed by atoms with E-state index in [0.717, 1.165) is 42.2 Å². The average molecular weight is 272 g/mol. The largest absolute Gasteiger partial charge is 0.496 e. The highest BCUT2D eigenvalue weighted by Crippen LogP contribution is 2.32. The summed E-state index contributed by atoms with van der Waals surface area (Å²) in [7, 11) is 1.68. The van der Waals surface area contributed by atoms with E-state index < -0.39 is 0 Å². The summed E-state index contributed by atoms with van der Waals surface area (Å²) in [5, 5.41) is 2.02. The van der Waals surface area contributed by atoms with Crippen LogP contribution in [0.2, 0.25) is 0 Å². The maximum Gasteiger partial charge on any atom is 0.221 e. The first-order valence-corrected chi connectivity index (χ1v) is 7.12. The lowest BCUT2D eigenvalue weighted by molar-refractivity contribution is 0.141. The number of pyridine rings is 1. The third-order valence-corrected chi connectivity index (χ3v) is 3.89. The maximum atomic E-state index is 6.09. The van der Waals surface area contributed by atoms with E-state index in [0.29, 0.717) is 5.88 Å². The van der Waals surface area contributed by atoms with Crippen LogP contribution in [0.3, 0.4) is 0 Å². The lowest BCUT2D eigenvalue weighted by Gasteiger charge is -2.27. The second-order valence-electron chi connectivity index (χ2n) is 5.34. The van der Waals surface area contributed by atoms with Gasteiger partial charge < -0.3 is 15.2 Å². The molecule has 4 nitrogen and oxygen atoms in total. The average Bonchev–Trinajstić information content (AvgIpc) is 2.47. The summed E-state index contributed by atoms with van der Waals surface area (Å²) in [6.07, 6.45) is 6.11. The van der Waals surface area contributed by atoms with E-state index in [4.69, 9.17) is 15.2 Å². The summed E-state index contributed by atoms with van der Waals surface area (Å²) in [6, 6.07) is 8.12. The predicted molar refractivity (Wildman–Crippen MR) is 79.2 cm³/mol. The molecule has 2 N–H and O–H groups in total. The van der Waals surface area contributed by atoms with Crippen LogP contribution in [0.15, 0.2) is 30.5 Å². The molecule has 1 aromatic carbocycles. The molecule has 2 atom stereocenters. The van der Waals surface area contributed by atoms with Gasteiger partial charge in [0.15, 0.2) is 0 Å². The van der Waals surface area contributed by atoms with Crippen molar-refractivity contribution in [2.75, 3.05) is 7.11 Å². The zero-order chi connectivity index (χ0) is 13.9. The summed E-state index contributed by atoms with van der Waals surface area (Å²) in [6.45, 7) is 0. The standard InChI is InChI=1S/C16H20N2O2/c1-19-15-7-3-6-14-13(15)8-9-18-16(14)20-12-5-2-4-11(17)10-12/h3,6-9,11-12H,2,4-5,10,17H2,1H3. The van der Waals surface area contributed by atoms with E-state index >= 15 is 0 Å². The lowest BCUT2D eigenvalue weighted by atomic mass is 9.93. The smallest absolute Gasteiger partial charge is 0.221 e. The number of hydrogen-bond acceptors (Lipinski definition) is 4. The molecule has 106 valence electrons. The third-order valence-electron chi connectivity index (χ3n) is 3.89. The maximum absolute atomic E-state index is 6.09. The minimum atomic E-state index is 0.169. The van der Waals surface area contributed by atoms with Crippen molar-refractivity contribution in [2.24, 2.45) is 5.73 Å². The molecule has 1 aromatic heterocycles. The molecular weight excluding hydrogens is 252 g/mol. The van der Waals surface area contributed by atoms with Crippen LogP contribution in [0.1, 0.15) is 25.7 Å². The van der Waals surface area contributed by atoms with Gasteiger partial charge in [0.2, 0.25) is 5.88 Å². The van der Waals surface area contributed by atoms with Gasteiger partial charge in [0, 0.05) is 23.0 Å². The molecule has 2 aromatic rings. The number of fused-ring (bicyclic) bond motifs is 1. The Kier molecular flexibility index (Phi) is 3.74.